The molecule has 15 heavy (non-hydrogen) atoms. The Morgan fingerprint density at radius 1 is 1.40 bits per heavy atom. The fourth-order valence-electron chi connectivity index (χ4n) is 2.31. The van der Waals surface area contributed by atoms with Crippen molar-refractivity contribution >= 4 is 12.2 Å². The summed E-state index contributed by atoms with van der Waals surface area (Å²) in [5, 5.41) is 1.85. The molecule has 0 aliphatic carbocycles. The van der Waals surface area contributed by atoms with Gasteiger partial charge in [0.25, 0.3) is 0 Å². The van der Waals surface area contributed by atoms with E-state index in [0.717, 1.165) is 32.1 Å². The number of hydrazine groups is 1. The first-order valence-corrected chi connectivity index (χ1v) is 5.11. The van der Waals surface area contributed by atoms with Crippen molar-refractivity contribution in [2.45, 2.75) is 6.92 Å². The number of nitrogens with zero attached hydrogens (tertiary/aromatic N) is 4. The van der Waals surface area contributed by atoms with Gasteiger partial charge in [0.2, 0.25) is 5.96 Å². The predicted molar refractivity (Wildman–Crippen MR) is 61.6 cm³/mol. The molecule has 1 spiro atoms. The normalized spacial score (nSPS) is 25.5. The van der Waals surface area contributed by atoms with E-state index in [2.05, 4.69) is 21.5 Å². The lowest BCUT2D eigenvalue weighted by molar-refractivity contribution is -0.0876. The number of rotatable bonds is 1. The molecule has 2 saturated heterocycles. The maximum absolute atomic E-state index is 5.64. The molecule has 0 bridgehead atoms. The van der Waals surface area contributed by atoms with E-state index in [4.69, 9.17) is 5.84 Å². The van der Waals surface area contributed by atoms with Gasteiger partial charge in [0.15, 0.2) is 0 Å². The topological polar surface area (TPSA) is 57.2 Å². The van der Waals surface area contributed by atoms with Gasteiger partial charge in [-0.3, -0.25) is 5.84 Å². The van der Waals surface area contributed by atoms with Gasteiger partial charge in [-0.25, -0.2) is 15.0 Å². The zero-order chi connectivity index (χ0) is 10.9. The van der Waals surface area contributed by atoms with Crippen LogP contribution in [-0.2, 0) is 0 Å². The minimum Gasteiger partial charge on any atom is -0.339 e. The predicted octanol–water partition coefficient (Wildman–Crippen LogP) is 0.0679. The van der Waals surface area contributed by atoms with Crippen molar-refractivity contribution in [3.05, 3.63) is 12.8 Å². The van der Waals surface area contributed by atoms with Crippen LogP contribution < -0.4 is 5.84 Å². The van der Waals surface area contributed by atoms with Gasteiger partial charge in [-0.05, 0) is 6.92 Å². The van der Waals surface area contributed by atoms with E-state index in [9.17, 15) is 0 Å². The SMILES string of the molecule is C=C/N=C(\N=C/C)N1CC2(CN(N)C2)C1. The lowest BCUT2D eigenvalue weighted by Gasteiger charge is -2.59. The molecular formula is C10H17N5. The molecule has 0 aromatic carbocycles. The van der Waals surface area contributed by atoms with Crippen LogP contribution >= 0.6 is 0 Å². The molecule has 0 radical (unpaired) electrons. The molecule has 2 heterocycles. The second-order valence-corrected chi connectivity index (χ2v) is 4.26. The molecule has 82 valence electrons. The summed E-state index contributed by atoms with van der Waals surface area (Å²) in [4.78, 5) is 10.5. The Morgan fingerprint density at radius 3 is 2.53 bits per heavy atom. The third-order valence-corrected chi connectivity index (χ3v) is 2.86. The Hall–Kier alpha value is -1.20. The quantitative estimate of drug-likeness (QED) is 0.376. The largest absolute Gasteiger partial charge is 0.339 e. The maximum atomic E-state index is 5.64. The number of hydrogen-bond acceptors (Lipinski definition) is 3. The van der Waals surface area contributed by atoms with Crippen molar-refractivity contribution < 1.29 is 0 Å². The number of aliphatic imine (C=N–C) groups is 2. The van der Waals surface area contributed by atoms with E-state index in [1.165, 1.54) is 6.20 Å². The highest BCUT2D eigenvalue weighted by Crippen LogP contribution is 2.38. The van der Waals surface area contributed by atoms with Crippen LogP contribution in [0.15, 0.2) is 22.8 Å². The molecule has 2 N–H and O–H groups in total. The highest BCUT2D eigenvalue weighted by atomic mass is 15.5. The van der Waals surface area contributed by atoms with Gasteiger partial charge >= 0.3 is 0 Å². The first-order chi connectivity index (χ1) is 7.19. The average molecular weight is 207 g/mol. The summed E-state index contributed by atoms with van der Waals surface area (Å²) in [7, 11) is 0. The van der Waals surface area contributed by atoms with Crippen LogP contribution in [0.3, 0.4) is 0 Å². The maximum Gasteiger partial charge on any atom is 0.224 e. The van der Waals surface area contributed by atoms with E-state index in [1.807, 2.05) is 11.9 Å². The Balaban J connectivity index is 1.92. The van der Waals surface area contributed by atoms with Crippen LogP contribution in [0, 0.1) is 5.41 Å². The van der Waals surface area contributed by atoms with Gasteiger partial charge in [-0.1, -0.05) is 6.58 Å². The molecule has 0 aromatic rings. The fourth-order valence-corrected chi connectivity index (χ4v) is 2.31. The van der Waals surface area contributed by atoms with Crippen LogP contribution in [-0.4, -0.2) is 48.3 Å². The van der Waals surface area contributed by atoms with Gasteiger partial charge in [0, 0.05) is 44.0 Å². The van der Waals surface area contributed by atoms with Crippen molar-refractivity contribution in [3.63, 3.8) is 0 Å². The van der Waals surface area contributed by atoms with Crippen LogP contribution in [0.4, 0.5) is 0 Å². The molecule has 0 unspecified atom stereocenters. The fraction of sp³-hybridized carbons (Fsp3) is 0.600. The van der Waals surface area contributed by atoms with Crippen molar-refractivity contribution in [1.82, 2.24) is 9.91 Å². The van der Waals surface area contributed by atoms with E-state index in [0.29, 0.717) is 5.41 Å². The summed E-state index contributed by atoms with van der Waals surface area (Å²) < 4.78 is 0. The molecule has 5 heteroatoms. The Bertz CT molecular complexity index is 306. The van der Waals surface area contributed by atoms with Crippen LogP contribution in [0.2, 0.25) is 0 Å². The summed E-state index contributed by atoms with van der Waals surface area (Å²) in [6.45, 7) is 9.46. The number of guanidine groups is 1. The van der Waals surface area contributed by atoms with E-state index in [-0.39, 0.29) is 0 Å². The monoisotopic (exact) mass is 207 g/mol. The van der Waals surface area contributed by atoms with Crippen molar-refractivity contribution in [2.75, 3.05) is 26.2 Å². The zero-order valence-corrected chi connectivity index (χ0v) is 9.06. The molecule has 2 aliphatic rings. The Labute approximate surface area is 89.9 Å². The van der Waals surface area contributed by atoms with E-state index in [1.54, 1.807) is 6.21 Å². The van der Waals surface area contributed by atoms with E-state index >= 15 is 0 Å². The Morgan fingerprint density at radius 2 is 2.07 bits per heavy atom. The molecule has 5 nitrogen and oxygen atoms in total. The van der Waals surface area contributed by atoms with Crippen LogP contribution in [0.25, 0.3) is 0 Å². The first-order valence-electron chi connectivity index (χ1n) is 5.11. The summed E-state index contributed by atoms with van der Waals surface area (Å²) in [6, 6.07) is 0. The van der Waals surface area contributed by atoms with Gasteiger partial charge in [-0.2, -0.15) is 0 Å². The minimum atomic E-state index is 0.403. The molecule has 2 fully saturated rings. The van der Waals surface area contributed by atoms with Crippen molar-refractivity contribution in [1.29, 1.82) is 0 Å². The highest BCUT2D eigenvalue weighted by molar-refractivity contribution is 5.88. The van der Waals surface area contributed by atoms with Crippen molar-refractivity contribution in [3.8, 4) is 0 Å². The summed E-state index contributed by atoms with van der Waals surface area (Å²) >= 11 is 0. The molecule has 2 rings (SSSR count). The number of nitrogens with two attached hydrogens (primary N) is 1. The smallest absolute Gasteiger partial charge is 0.224 e. The van der Waals surface area contributed by atoms with Gasteiger partial charge in [0.05, 0.1) is 0 Å². The second kappa shape index (κ2) is 3.75. The van der Waals surface area contributed by atoms with Crippen LogP contribution in [0.1, 0.15) is 6.92 Å². The van der Waals surface area contributed by atoms with Gasteiger partial charge < -0.3 is 4.90 Å². The molecule has 0 saturated carbocycles. The van der Waals surface area contributed by atoms with Gasteiger partial charge in [-0.15, -0.1) is 0 Å². The third-order valence-electron chi connectivity index (χ3n) is 2.86. The third kappa shape index (κ3) is 1.80. The standard InChI is InChI=1S/C10H17N5/c1-3-12-9(13-4-2)14-5-10(6-14)7-15(11)8-10/h3-4H,1,5-8,11H2,2H3/b12-9+,13-4-. The molecule has 0 atom stereocenters. The lowest BCUT2D eigenvalue weighted by atomic mass is 9.74. The summed E-state index contributed by atoms with van der Waals surface area (Å²) in [5.74, 6) is 6.40. The average Bonchev–Trinajstić information content (AvgIpc) is 2.09. The molecule has 0 aromatic heterocycles. The second-order valence-electron chi connectivity index (χ2n) is 4.26. The first kappa shape index (κ1) is 10.3. The number of likely N-dealkylation sites (tertiary alicyclic amines) is 1. The highest BCUT2D eigenvalue weighted by Gasteiger charge is 2.51. The lowest BCUT2D eigenvalue weighted by Crippen LogP contribution is -2.74. The molecular weight excluding hydrogens is 190 g/mol. The number of hydrogen-bond donors (Lipinski definition) is 1. The van der Waals surface area contributed by atoms with E-state index < -0.39 is 0 Å². The summed E-state index contributed by atoms with van der Waals surface area (Å²) in [5.41, 5.74) is 0.403. The van der Waals surface area contributed by atoms with Crippen molar-refractivity contribution in [2.24, 2.45) is 21.2 Å². The Kier molecular flexibility index (Phi) is 2.58. The molecule has 2 aliphatic heterocycles. The van der Waals surface area contributed by atoms with Crippen LogP contribution in [0.5, 0.6) is 0 Å². The minimum absolute atomic E-state index is 0.403. The summed E-state index contributed by atoms with van der Waals surface area (Å²) in [6.07, 6.45) is 3.28. The molecule has 0 amide bonds. The zero-order valence-electron chi connectivity index (χ0n) is 9.06. The van der Waals surface area contributed by atoms with Gasteiger partial charge in [0.1, 0.15) is 0 Å².